The first-order valence-corrected chi connectivity index (χ1v) is 10.0. The van der Waals surface area contributed by atoms with E-state index < -0.39 is 0 Å². The van der Waals surface area contributed by atoms with Gasteiger partial charge in [0.2, 0.25) is 5.91 Å². The fraction of sp³-hybridized carbons (Fsp3) is 0.348. The number of hydrogen-bond donors (Lipinski definition) is 1. The molecule has 1 N–H and O–H groups in total. The minimum Gasteiger partial charge on any atom is -0.332 e. The lowest BCUT2D eigenvalue weighted by Crippen LogP contribution is -2.39. The van der Waals surface area contributed by atoms with E-state index >= 15 is 0 Å². The lowest BCUT2D eigenvalue weighted by atomic mass is 10.1. The molecule has 1 saturated carbocycles. The van der Waals surface area contributed by atoms with Crippen molar-refractivity contribution in [3.05, 3.63) is 76.3 Å². The maximum atomic E-state index is 13.1. The summed E-state index contributed by atoms with van der Waals surface area (Å²) < 4.78 is 0. The molecule has 0 aliphatic heterocycles. The van der Waals surface area contributed by atoms with Crippen LogP contribution in [0.25, 0.3) is 10.9 Å². The topological polar surface area (TPSA) is 66.1 Å². The van der Waals surface area contributed by atoms with Crippen molar-refractivity contribution in [3.8, 4) is 0 Å². The van der Waals surface area contributed by atoms with E-state index in [9.17, 15) is 9.59 Å². The minimum absolute atomic E-state index is 0.131. The molecule has 0 spiro atoms. The fourth-order valence-electron chi connectivity index (χ4n) is 4.05. The second-order valence-electron chi connectivity index (χ2n) is 7.48. The normalized spacial score (nSPS) is 14.4. The first-order valence-electron chi connectivity index (χ1n) is 10.0. The molecular weight excluding hydrogens is 350 g/mol. The van der Waals surface area contributed by atoms with Crippen LogP contribution in [0.2, 0.25) is 0 Å². The highest BCUT2D eigenvalue weighted by Gasteiger charge is 2.27. The monoisotopic (exact) mass is 375 g/mol. The summed E-state index contributed by atoms with van der Waals surface area (Å²) in [5.41, 5.74) is 1.69. The quantitative estimate of drug-likeness (QED) is 0.712. The zero-order chi connectivity index (χ0) is 19.3. The Labute approximate surface area is 164 Å². The van der Waals surface area contributed by atoms with Gasteiger partial charge in [0.25, 0.3) is 5.56 Å². The molecule has 1 fully saturated rings. The van der Waals surface area contributed by atoms with Gasteiger partial charge in [0, 0.05) is 12.5 Å². The smallest absolute Gasteiger partial charge is 0.258 e. The molecule has 5 heteroatoms. The van der Waals surface area contributed by atoms with Crippen molar-refractivity contribution in [1.82, 2.24) is 14.9 Å². The summed E-state index contributed by atoms with van der Waals surface area (Å²) in [6.45, 7) is 0.359. The Morgan fingerprint density at radius 2 is 1.75 bits per heavy atom. The number of H-pyrrole nitrogens is 1. The third kappa shape index (κ3) is 4.14. The number of carbonyl (C=O) groups is 1. The zero-order valence-corrected chi connectivity index (χ0v) is 15.9. The molecule has 2 aromatic carbocycles. The molecule has 28 heavy (non-hydrogen) atoms. The van der Waals surface area contributed by atoms with Crippen LogP contribution in [-0.2, 0) is 17.8 Å². The van der Waals surface area contributed by atoms with E-state index in [2.05, 4.69) is 22.1 Å². The number of para-hydroxylation sites is 1. The van der Waals surface area contributed by atoms with Crippen LogP contribution in [0.15, 0.2) is 59.4 Å². The largest absolute Gasteiger partial charge is 0.332 e. The number of hydrogen-bond acceptors (Lipinski definition) is 3. The average Bonchev–Trinajstić information content (AvgIpc) is 3.25. The summed E-state index contributed by atoms with van der Waals surface area (Å²) in [6, 6.07) is 17.6. The summed E-state index contributed by atoms with van der Waals surface area (Å²) in [7, 11) is 0. The van der Waals surface area contributed by atoms with Gasteiger partial charge in [-0.2, -0.15) is 0 Å². The van der Waals surface area contributed by atoms with Gasteiger partial charge in [-0.05, 0) is 37.0 Å². The summed E-state index contributed by atoms with van der Waals surface area (Å²) in [5.74, 6) is 0.690. The molecule has 1 aliphatic carbocycles. The molecular formula is C23H25N3O2. The highest BCUT2D eigenvalue weighted by Crippen LogP contribution is 2.25. The van der Waals surface area contributed by atoms with Gasteiger partial charge in [-0.15, -0.1) is 0 Å². The van der Waals surface area contributed by atoms with Gasteiger partial charge in [-0.1, -0.05) is 55.3 Å². The summed E-state index contributed by atoms with van der Waals surface area (Å²) >= 11 is 0. The molecule has 1 aliphatic rings. The van der Waals surface area contributed by atoms with Crippen molar-refractivity contribution >= 4 is 16.8 Å². The van der Waals surface area contributed by atoms with E-state index in [4.69, 9.17) is 0 Å². The number of benzene rings is 2. The minimum atomic E-state index is -0.149. The van der Waals surface area contributed by atoms with Crippen molar-refractivity contribution in [1.29, 1.82) is 0 Å². The lowest BCUT2D eigenvalue weighted by molar-refractivity contribution is -0.134. The van der Waals surface area contributed by atoms with E-state index in [1.165, 1.54) is 5.56 Å². The van der Waals surface area contributed by atoms with Crippen molar-refractivity contribution < 1.29 is 4.79 Å². The Hall–Kier alpha value is -2.95. The number of aryl methyl sites for hydroxylation is 1. The second kappa shape index (κ2) is 8.38. The zero-order valence-electron chi connectivity index (χ0n) is 15.9. The van der Waals surface area contributed by atoms with Crippen LogP contribution in [0.4, 0.5) is 0 Å². The molecule has 0 saturated heterocycles. The fourth-order valence-corrected chi connectivity index (χ4v) is 4.05. The molecule has 5 nitrogen and oxygen atoms in total. The van der Waals surface area contributed by atoms with E-state index in [0.717, 1.165) is 32.1 Å². The maximum Gasteiger partial charge on any atom is 0.258 e. The van der Waals surface area contributed by atoms with Gasteiger partial charge in [0.15, 0.2) is 0 Å². The van der Waals surface area contributed by atoms with Crippen molar-refractivity contribution in [2.45, 2.75) is 51.1 Å². The van der Waals surface area contributed by atoms with Crippen molar-refractivity contribution in [3.63, 3.8) is 0 Å². The van der Waals surface area contributed by atoms with Crippen LogP contribution in [0.3, 0.4) is 0 Å². The predicted octanol–water partition coefficient (Wildman–Crippen LogP) is 3.83. The SMILES string of the molecule is O=C(CCc1ccccc1)N(Cc1nc2ccccc2c(=O)[nH]1)C1CCCC1. The molecule has 1 heterocycles. The van der Waals surface area contributed by atoms with Gasteiger partial charge in [0.1, 0.15) is 5.82 Å². The first kappa shape index (κ1) is 18.4. The predicted molar refractivity (Wildman–Crippen MR) is 110 cm³/mol. The van der Waals surface area contributed by atoms with Gasteiger partial charge in [-0.25, -0.2) is 4.98 Å². The molecule has 1 amide bonds. The van der Waals surface area contributed by atoms with Gasteiger partial charge >= 0.3 is 0 Å². The Bertz CT molecular complexity index is 1010. The number of rotatable bonds is 6. The third-order valence-electron chi connectivity index (χ3n) is 5.54. The highest BCUT2D eigenvalue weighted by molar-refractivity contribution is 5.78. The Balaban J connectivity index is 1.54. The molecule has 1 aromatic heterocycles. The Morgan fingerprint density at radius 1 is 1.04 bits per heavy atom. The standard InChI is InChI=1S/C23H25N3O2/c27-22(15-14-17-8-2-1-3-9-17)26(18-10-4-5-11-18)16-21-24-20-13-7-6-12-19(20)23(28)25-21/h1-3,6-9,12-13,18H,4-5,10-11,14-16H2,(H,24,25,28). The number of amides is 1. The average molecular weight is 375 g/mol. The third-order valence-corrected chi connectivity index (χ3v) is 5.54. The summed E-state index contributed by atoms with van der Waals surface area (Å²) in [5, 5.41) is 0.578. The van der Waals surface area contributed by atoms with Crippen LogP contribution >= 0.6 is 0 Å². The van der Waals surface area contributed by atoms with Crippen molar-refractivity contribution in [2.75, 3.05) is 0 Å². The van der Waals surface area contributed by atoms with Crippen molar-refractivity contribution in [2.24, 2.45) is 0 Å². The molecule has 0 bridgehead atoms. The molecule has 144 valence electrons. The van der Waals surface area contributed by atoms with Gasteiger partial charge < -0.3 is 9.88 Å². The van der Waals surface area contributed by atoms with E-state index in [-0.39, 0.29) is 17.5 Å². The van der Waals surface area contributed by atoms with Crippen LogP contribution in [0.5, 0.6) is 0 Å². The number of aromatic nitrogens is 2. The van der Waals surface area contributed by atoms with Gasteiger partial charge in [0.05, 0.1) is 17.4 Å². The van der Waals surface area contributed by atoms with E-state index in [1.807, 2.05) is 41.3 Å². The van der Waals surface area contributed by atoms with Crippen LogP contribution in [0.1, 0.15) is 43.5 Å². The Kier molecular flexibility index (Phi) is 5.51. The van der Waals surface area contributed by atoms with Crippen LogP contribution in [0, 0.1) is 0 Å². The molecule has 3 aromatic rings. The second-order valence-corrected chi connectivity index (χ2v) is 7.48. The molecule has 4 rings (SSSR count). The number of carbonyl (C=O) groups excluding carboxylic acids is 1. The number of nitrogens with one attached hydrogen (secondary N) is 1. The number of fused-ring (bicyclic) bond motifs is 1. The summed E-state index contributed by atoms with van der Waals surface area (Å²) in [6.07, 6.45) is 5.54. The highest BCUT2D eigenvalue weighted by atomic mass is 16.2. The summed E-state index contributed by atoms with van der Waals surface area (Å²) in [4.78, 5) is 34.9. The maximum absolute atomic E-state index is 13.1. The van der Waals surface area contributed by atoms with Gasteiger partial charge in [-0.3, -0.25) is 9.59 Å². The lowest BCUT2D eigenvalue weighted by Gasteiger charge is -2.29. The Morgan fingerprint density at radius 3 is 2.54 bits per heavy atom. The molecule has 0 unspecified atom stereocenters. The first-order chi connectivity index (χ1) is 13.7. The number of nitrogens with zero attached hydrogens (tertiary/aromatic N) is 2. The van der Waals surface area contributed by atoms with Crippen LogP contribution in [-0.4, -0.2) is 26.8 Å². The van der Waals surface area contributed by atoms with E-state index in [0.29, 0.717) is 29.7 Å². The van der Waals surface area contributed by atoms with E-state index in [1.54, 1.807) is 6.07 Å². The number of aromatic amines is 1. The molecule has 0 atom stereocenters. The van der Waals surface area contributed by atoms with Crippen LogP contribution < -0.4 is 5.56 Å². The molecule has 0 radical (unpaired) electrons.